The summed E-state index contributed by atoms with van der Waals surface area (Å²) in [5.41, 5.74) is 1.62. The van der Waals surface area contributed by atoms with Crippen molar-refractivity contribution in [1.29, 1.82) is 0 Å². The van der Waals surface area contributed by atoms with Gasteiger partial charge in [-0.15, -0.1) is 0 Å². The molecule has 0 saturated carbocycles. The van der Waals surface area contributed by atoms with Crippen molar-refractivity contribution in [1.82, 2.24) is 0 Å². The summed E-state index contributed by atoms with van der Waals surface area (Å²) in [6.45, 7) is 3.36. The van der Waals surface area contributed by atoms with Gasteiger partial charge in [0.15, 0.2) is 0 Å². The summed E-state index contributed by atoms with van der Waals surface area (Å²) in [4.78, 5) is 20.9. The first-order valence-corrected chi connectivity index (χ1v) is 6.51. The molecule has 0 aliphatic carbocycles. The molecular formula is C15H14N2O5. The summed E-state index contributed by atoms with van der Waals surface area (Å²) in [5, 5.41) is 21.8. The molecule has 0 spiro atoms. The molecule has 0 unspecified atom stereocenters. The molecule has 114 valence electrons. The van der Waals surface area contributed by atoms with Crippen LogP contribution in [0, 0.1) is 34.1 Å². The summed E-state index contributed by atoms with van der Waals surface area (Å²) in [7, 11) is 0. The molecule has 0 aromatic heterocycles. The summed E-state index contributed by atoms with van der Waals surface area (Å²) in [6.07, 6.45) is 0. The van der Waals surface area contributed by atoms with E-state index in [0.717, 1.165) is 0 Å². The van der Waals surface area contributed by atoms with Crippen LogP contribution in [0.1, 0.15) is 16.7 Å². The summed E-state index contributed by atoms with van der Waals surface area (Å²) >= 11 is 0. The first kappa shape index (κ1) is 15.4. The zero-order valence-corrected chi connectivity index (χ0v) is 12.1. The van der Waals surface area contributed by atoms with Crippen LogP contribution >= 0.6 is 0 Å². The lowest BCUT2D eigenvalue weighted by Crippen LogP contribution is -2.02. The van der Waals surface area contributed by atoms with Gasteiger partial charge in [0.25, 0.3) is 11.4 Å². The van der Waals surface area contributed by atoms with Gasteiger partial charge in [-0.2, -0.15) is 0 Å². The maximum atomic E-state index is 10.9. The minimum absolute atomic E-state index is 0.0201. The molecule has 22 heavy (non-hydrogen) atoms. The average molecular weight is 302 g/mol. The molecular weight excluding hydrogens is 288 g/mol. The number of benzene rings is 2. The van der Waals surface area contributed by atoms with Gasteiger partial charge in [0.05, 0.1) is 15.4 Å². The zero-order chi connectivity index (χ0) is 16.3. The molecule has 0 heterocycles. The summed E-state index contributed by atoms with van der Waals surface area (Å²) < 4.78 is 5.60. The van der Waals surface area contributed by atoms with Crippen LogP contribution in [0.3, 0.4) is 0 Å². The van der Waals surface area contributed by atoms with Gasteiger partial charge in [-0.05, 0) is 25.5 Å². The van der Waals surface area contributed by atoms with Crippen molar-refractivity contribution in [3.63, 3.8) is 0 Å². The quantitative estimate of drug-likeness (QED) is 0.619. The number of nitro benzene ring substituents is 2. The number of ether oxygens (including phenoxy) is 1. The Balaban J connectivity index is 2.25. The first-order chi connectivity index (χ1) is 10.4. The lowest BCUT2D eigenvalue weighted by atomic mass is 10.1. The van der Waals surface area contributed by atoms with E-state index in [9.17, 15) is 20.2 Å². The first-order valence-electron chi connectivity index (χ1n) is 6.51. The van der Waals surface area contributed by atoms with Gasteiger partial charge in [-0.3, -0.25) is 20.2 Å². The van der Waals surface area contributed by atoms with Crippen LogP contribution in [-0.4, -0.2) is 9.85 Å². The maximum Gasteiger partial charge on any atom is 0.276 e. The van der Waals surface area contributed by atoms with E-state index < -0.39 is 9.85 Å². The van der Waals surface area contributed by atoms with Crippen LogP contribution in [-0.2, 0) is 6.61 Å². The fourth-order valence-electron chi connectivity index (χ4n) is 2.14. The van der Waals surface area contributed by atoms with E-state index in [-0.39, 0.29) is 18.0 Å². The Hall–Kier alpha value is -2.96. The van der Waals surface area contributed by atoms with Gasteiger partial charge in [-0.25, -0.2) is 0 Å². The maximum absolute atomic E-state index is 10.9. The van der Waals surface area contributed by atoms with Gasteiger partial charge >= 0.3 is 0 Å². The molecule has 0 amide bonds. The Kier molecular flexibility index (Phi) is 4.36. The fraction of sp³-hybridized carbons (Fsp3) is 0.200. The van der Waals surface area contributed by atoms with Crippen LogP contribution < -0.4 is 4.74 Å². The van der Waals surface area contributed by atoms with Gasteiger partial charge < -0.3 is 4.74 Å². The summed E-state index contributed by atoms with van der Waals surface area (Å²) in [5.74, 6) is 0.389. The average Bonchev–Trinajstić information content (AvgIpc) is 2.46. The normalized spacial score (nSPS) is 10.3. The van der Waals surface area contributed by atoms with Crippen molar-refractivity contribution in [2.24, 2.45) is 0 Å². The Bertz CT molecular complexity index is 679. The molecule has 0 radical (unpaired) electrons. The van der Waals surface area contributed by atoms with E-state index in [1.807, 2.05) is 0 Å². The molecule has 0 bridgehead atoms. The second-order valence-electron chi connectivity index (χ2n) is 4.76. The van der Waals surface area contributed by atoms with Crippen LogP contribution in [0.5, 0.6) is 5.75 Å². The van der Waals surface area contributed by atoms with Crippen molar-refractivity contribution >= 4 is 11.4 Å². The van der Waals surface area contributed by atoms with Gasteiger partial charge in [0, 0.05) is 17.7 Å². The Morgan fingerprint density at radius 2 is 1.45 bits per heavy atom. The molecule has 0 aliphatic heterocycles. The predicted molar refractivity (Wildman–Crippen MR) is 80.0 cm³/mol. The fourth-order valence-corrected chi connectivity index (χ4v) is 2.14. The molecule has 7 heteroatoms. The van der Waals surface area contributed by atoms with Crippen molar-refractivity contribution in [2.75, 3.05) is 0 Å². The Morgan fingerprint density at radius 3 is 2.05 bits per heavy atom. The van der Waals surface area contributed by atoms with Crippen LogP contribution in [0.15, 0.2) is 36.4 Å². The molecule has 2 rings (SSSR count). The van der Waals surface area contributed by atoms with Crippen LogP contribution in [0.25, 0.3) is 0 Å². The van der Waals surface area contributed by atoms with E-state index in [4.69, 9.17) is 4.74 Å². The zero-order valence-electron chi connectivity index (χ0n) is 12.1. The highest BCUT2D eigenvalue weighted by Crippen LogP contribution is 2.28. The van der Waals surface area contributed by atoms with E-state index in [0.29, 0.717) is 22.4 Å². The standard InChI is InChI=1S/C15H14N2O5/c1-10-12(5-3-6-13(10)16(18)19)9-22-15-8-4-7-14(11(15)2)17(20)21/h3-8H,9H2,1-2H3. The number of rotatable bonds is 5. The third-order valence-corrected chi connectivity index (χ3v) is 3.45. The lowest BCUT2D eigenvalue weighted by Gasteiger charge is -2.11. The van der Waals surface area contributed by atoms with Crippen LogP contribution in [0.4, 0.5) is 11.4 Å². The SMILES string of the molecule is Cc1c(COc2cccc([N+](=O)[O-])c2C)cccc1[N+](=O)[O-]. The monoisotopic (exact) mass is 302 g/mol. The van der Waals surface area contributed by atoms with Gasteiger partial charge in [0.1, 0.15) is 12.4 Å². The minimum Gasteiger partial charge on any atom is -0.488 e. The highest BCUT2D eigenvalue weighted by molar-refractivity contribution is 5.49. The molecule has 7 nitrogen and oxygen atoms in total. The summed E-state index contributed by atoms with van der Waals surface area (Å²) in [6, 6.07) is 9.33. The minimum atomic E-state index is -0.471. The van der Waals surface area contributed by atoms with Crippen molar-refractivity contribution in [3.05, 3.63) is 73.3 Å². The Labute approximate surface area is 126 Å². The predicted octanol–water partition coefficient (Wildman–Crippen LogP) is 3.70. The van der Waals surface area contributed by atoms with Crippen molar-refractivity contribution < 1.29 is 14.6 Å². The van der Waals surface area contributed by atoms with E-state index in [2.05, 4.69) is 0 Å². The van der Waals surface area contributed by atoms with E-state index in [1.165, 1.54) is 12.1 Å². The van der Waals surface area contributed by atoms with Gasteiger partial charge in [-0.1, -0.05) is 18.2 Å². The molecule has 0 fully saturated rings. The molecule has 2 aromatic carbocycles. The van der Waals surface area contributed by atoms with E-state index >= 15 is 0 Å². The number of hydrogen-bond acceptors (Lipinski definition) is 5. The second kappa shape index (κ2) is 6.21. The van der Waals surface area contributed by atoms with E-state index in [1.54, 1.807) is 38.1 Å². The molecule has 0 atom stereocenters. The topological polar surface area (TPSA) is 95.5 Å². The molecule has 0 aliphatic rings. The van der Waals surface area contributed by atoms with Crippen molar-refractivity contribution in [2.45, 2.75) is 20.5 Å². The third-order valence-electron chi connectivity index (χ3n) is 3.45. The highest BCUT2D eigenvalue weighted by atomic mass is 16.6. The van der Waals surface area contributed by atoms with Crippen molar-refractivity contribution in [3.8, 4) is 5.75 Å². The largest absolute Gasteiger partial charge is 0.488 e. The van der Waals surface area contributed by atoms with Crippen LogP contribution in [0.2, 0.25) is 0 Å². The Morgan fingerprint density at radius 1 is 0.909 bits per heavy atom. The molecule has 0 N–H and O–H groups in total. The number of nitro groups is 2. The third kappa shape index (κ3) is 3.03. The smallest absolute Gasteiger partial charge is 0.276 e. The number of nitrogens with zero attached hydrogens (tertiary/aromatic N) is 2. The second-order valence-corrected chi connectivity index (χ2v) is 4.76. The highest BCUT2D eigenvalue weighted by Gasteiger charge is 2.16. The number of hydrogen-bond donors (Lipinski definition) is 0. The molecule has 2 aromatic rings. The molecule has 0 saturated heterocycles. The van der Waals surface area contributed by atoms with Gasteiger partial charge in [0.2, 0.25) is 0 Å². The lowest BCUT2D eigenvalue weighted by molar-refractivity contribution is -0.385.